The summed E-state index contributed by atoms with van der Waals surface area (Å²) in [5, 5.41) is 0. The molecule has 0 heterocycles. The highest BCUT2D eigenvalue weighted by Crippen LogP contribution is 2.69. The van der Waals surface area contributed by atoms with E-state index in [9.17, 15) is 0 Å². The van der Waals surface area contributed by atoms with Gasteiger partial charge in [-0.25, -0.2) is 0 Å². The zero-order valence-corrected chi connectivity index (χ0v) is 23.9. The predicted octanol–water partition coefficient (Wildman–Crippen LogP) is 7.93. The van der Waals surface area contributed by atoms with Gasteiger partial charge in [0, 0.05) is 52.4 Å². The van der Waals surface area contributed by atoms with Crippen LogP contribution in [0.4, 0.5) is 0 Å². The third-order valence-electron chi connectivity index (χ3n) is 6.75. The fraction of sp³-hybridized carbons (Fsp3) is 1.00. The van der Waals surface area contributed by atoms with Gasteiger partial charge in [0.25, 0.3) is 0 Å². The van der Waals surface area contributed by atoms with Gasteiger partial charge in [0.05, 0.1) is 0 Å². The van der Waals surface area contributed by atoms with E-state index in [0.29, 0.717) is 0 Å². The van der Waals surface area contributed by atoms with Gasteiger partial charge in [0.2, 0.25) is 0 Å². The van der Waals surface area contributed by atoms with E-state index in [0.717, 1.165) is 39.3 Å². The van der Waals surface area contributed by atoms with Crippen LogP contribution in [0.2, 0.25) is 0 Å². The molecule has 0 aliphatic carbocycles. The Morgan fingerprint density at radius 1 is 0.355 bits per heavy atom. The first-order valence-electron chi connectivity index (χ1n) is 14.0. The van der Waals surface area contributed by atoms with E-state index in [2.05, 4.69) is 74.1 Å². The van der Waals surface area contributed by atoms with Crippen LogP contribution in [0.5, 0.6) is 0 Å². The van der Waals surface area contributed by atoms with Crippen molar-refractivity contribution >= 4 is 7.87 Å². The largest absolute Gasteiger partial charge is 0.308 e. The fourth-order valence-electron chi connectivity index (χ4n) is 5.06. The van der Waals surface area contributed by atoms with E-state index >= 15 is 0 Å². The van der Waals surface area contributed by atoms with Crippen molar-refractivity contribution in [2.45, 2.75) is 120 Å². The van der Waals surface area contributed by atoms with Crippen LogP contribution >= 0.6 is 7.87 Å². The molecule has 0 unspecified atom stereocenters. The Kier molecular flexibility index (Phi) is 19.9. The van der Waals surface area contributed by atoms with Gasteiger partial charge >= 0.3 is 7.87 Å². The van der Waals surface area contributed by atoms with Gasteiger partial charge in [0.1, 0.15) is 0 Å². The maximum Gasteiger partial charge on any atom is 0.308 e. The molecule has 5 heteroatoms. The van der Waals surface area contributed by atoms with Crippen LogP contribution in [0.15, 0.2) is 0 Å². The highest BCUT2D eigenvalue weighted by Gasteiger charge is 2.58. The smallest absolute Gasteiger partial charge is 0.134 e. The Hall–Kier alpha value is 0.270. The van der Waals surface area contributed by atoms with Crippen LogP contribution in [-0.2, 0) is 0 Å². The number of hydrogen-bond acceptors (Lipinski definition) is 4. The zero-order chi connectivity index (χ0) is 23.5. The molecule has 0 saturated carbocycles. The summed E-state index contributed by atoms with van der Waals surface area (Å²) in [7, 11) is -1.71. The molecule has 4 nitrogen and oxygen atoms in total. The van der Waals surface area contributed by atoms with E-state index < -0.39 is 7.87 Å². The first kappa shape index (κ1) is 31.3. The molecule has 0 radical (unpaired) electrons. The van der Waals surface area contributed by atoms with Gasteiger partial charge in [-0.05, 0) is 54.4 Å². The van der Waals surface area contributed by atoms with Gasteiger partial charge in [-0.1, -0.05) is 65.2 Å². The molecular formula is C26H60N4P+. The molecule has 0 aromatic heterocycles. The van der Waals surface area contributed by atoms with Crippen molar-refractivity contribution in [1.29, 1.82) is 0 Å². The highest BCUT2D eigenvalue weighted by molar-refractivity contribution is 7.66. The summed E-state index contributed by atoms with van der Waals surface area (Å²) in [6, 6.07) is 0. The minimum atomic E-state index is -1.71. The van der Waals surface area contributed by atoms with Crippen LogP contribution in [-0.4, -0.2) is 71.0 Å². The SMILES string of the molecule is CCCCCCCN(CCCCCCC)[P+](N(CC)CC)(N(CC)CC)N(CC)CC. The van der Waals surface area contributed by atoms with Gasteiger partial charge in [-0.3, -0.25) is 0 Å². The topological polar surface area (TPSA) is 13.0 Å². The molecule has 0 amide bonds. The molecular weight excluding hydrogens is 399 g/mol. The quantitative estimate of drug-likeness (QED) is 0.120. The van der Waals surface area contributed by atoms with Crippen LogP contribution in [0.1, 0.15) is 120 Å². The summed E-state index contributed by atoms with van der Waals surface area (Å²) in [6.07, 6.45) is 13.7. The lowest BCUT2D eigenvalue weighted by molar-refractivity contribution is 0.248. The molecule has 31 heavy (non-hydrogen) atoms. The Bertz CT molecular complexity index is 336. The minimum absolute atomic E-state index is 1.14. The molecule has 0 aromatic rings. The maximum absolute atomic E-state index is 3.00. The second-order valence-electron chi connectivity index (χ2n) is 8.74. The minimum Gasteiger partial charge on any atom is -0.134 e. The third-order valence-corrected chi connectivity index (χ3v) is 11.9. The summed E-state index contributed by atoms with van der Waals surface area (Å²) in [6.45, 7) is 28.3. The van der Waals surface area contributed by atoms with Crippen molar-refractivity contribution < 1.29 is 0 Å². The highest BCUT2D eigenvalue weighted by atomic mass is 31.2. The summed E-state index contributed by atoms with van der Waals surface area (Å²) < 4.78 is 11.6. The summed E-state index contributed by atoms with van der Waals surface area (Å²) in [5.41, 5.74) is 0. The van der Waals surface area contributed by atoms with Gasteiger partial charge in [0.15, 0.2) is 0 Å². The molecule has 0 N–H and O–H groups in total. The molecule has 188 valence electrons. The molecule has 0 fully saturated rings. The molecule has 0 saturated heterocycles. The van der Waals surface area contributed by atoms with Crippen LogP contribution in [0.3, 0.4) is 0 Å². The van der Waals surface area contributed by atoms with Crippen molar-refractivity contribution in [2.24, 2.45) is 0 Å². The second-order valence-corrected chi connectivity index (χ2v) is 12.1. The lowest BCUT2D eigenvalue weighted by Crippen LogP contribution is -2.53. The lowest BCUT2D eigenvalue weighted by atomic mass is 10.1. The second kappa shape index (κ2) is 19.7. The monoisotopic (exact) mass is 459 g/mol. The third kappa shape index (κ3) is 9.57. The maximum atomic E-state index is 3.00. The summed E-state index contributed by atoms with van der Waals surface area (Å²) >= 11 is 0. The zero-order valence-electron chi connectivity index (χ0n) is 23.0. The normalized spacial score (nSPS) is 12.8. The molecule has 0 rings (SSSR count). The first-order chi connectivity index (χ1) is 15.1. The average Bonchev–Trinajstić information content (AvgIpc) is 2.79. The Labute approximate surface area is 198 Å². The van der Waals surface area contributed by atoms with Crippen molar-refractivity contribution in [1.82, 2.24) is 18.7 Å². The molecule has 0 aromatic carbocycles. The van der Waals surface area contributed by atoms with Crippen LogP contribution in [0.25, 0.3) is 0 Å². The molecule has 0 aliphatic rings. The van der Waals surface area contributed by atoms with Crippen molar-refractivity contribution in [3.05, 3.63) is 0 Å². The Balaban J connectivity index is 6.01. The first-order valence-corrected chi connectivity index (χ1v) is 15.6. The predicted molar refractivity (Wildman–Crippen MR) is 145 cm³/mol. The van der Waals surface area contributed by atoms with E-state index in [-0.39, 0.29) is 0 Å². The number of nitrogens with zero attached hydrogens (tertiary/aromatic N) is 4. The van der Waals surface area contributed by atoms with Crippen molar-refractivity contribution in [3.63, 3.8) is 0 Å². The van der Waals surface area contributed by atoms with Crippen molar-refractivity contribution in [2.75, 3.05) is 52.4 Å². The van der Waals surface area contributed by atoms with Crippen LogP contribution < -0.4 is 0 Å². The van der Waals surface area contributed by atoms with Crippen molar-refractivity contribution in [3.8, 4) is 0 Å². The lowest BCUT2D eigenvalue weighted by Gasteiger charge is -2.50. The van der Waals surface area contributed by atoms with Gasteiger partial charge in [-0.2, -0.15) is 0 Å². The Morgan fingerprint density at radius 3 is 0.903 bits per heavy atom. The molecule has 0 spiro atoms. The Morgan fingerprint density at radius 2 is 0.645 bits per heavy atom. The van der Waals surface area contributed by atoms with E-state index in [1.807, 2.05) is 0 Å². The number of unbranched alkanes of at least 4 members (excludes halogenated alkanes) is 8. The average molecular weight is 460 g/mol. The van der Waals surface area contributed by atoms with E-state index in [1.54, 1.807) is 0 Å². The standard InChI is InChI=1S/C26H60N4P/c1-9-17-19-21-23-25-30(26-24-22-20-18-10-2)31(27(11-3)12-4,28(13-5)14-6)29(15-7)16-8/h9-26H2,1-8H3/q+1. The number of rotatable bonds is 22. The van der Waals surface area contributed by atoms with E-state index in [4.69, 9.17) is 0 Å². The molecule has 0 bridgehead atoms. The summed E-state index contributed by atoms with van der Waals surface area (Å²) in [4.78, 5) is 0. The fourth-order valence-corrected chi connectivity index (χ4v) is 10.3. The molecule has 0 aliphatic heterocycles. The summed E-state index contributed by atoms with van der Waals surface area (Å²) in [5.74, 6) is 0. The van der Waals surface area contributed by atoms with Crippen LogP contribution in [0, 0.1) is 0 Å². The number of hydrogen-bond donors (Lipinski definition) is 0. The van der Waals surface area contributed by atoms with Gasteiger partial charge in [-0.15, -0.1) is 18.7 Å². The van der Waals surface area contributed by atoms with Gasteiger partial charge < -0.3 is 0 Å². The molecule has 0 atom stereocenters. The van der Waals surface area contributed by atoms with E-state index in [1.165, 1.54) is 77.3 Å².